The summed E-state index contributed by atoms with van der Waals surface area (Å²) in [5.74, 6) is -0.338. The number of hydrogen-bond donors (Lipinski definition) is 1. The number of aromatic nitrogens is 2. The molecule has 0 fully saturated rings. The predicted molar refractivity (Wildman–Crippen MR) is 94.7 cm³/mol. The first kappa shape index (κ1) is 16.0. The van der Waals surface area contributed by atoms with E-state index in [9.17, 15) is 4.79 Å². The number of nitrogens with one attached hydrogen (secondary N) is 1. The fourth-order valence-electron chi connectivity index (χ4n) is 2.19. The molecule has 0 saturated heterocycles. The molecule has 1 heterocycles. The number of amides is 1. The van der Waals surface area contributed by atoms with Crippen molar-refractivity contribution in [1.82, 2.24) is 15.0 Å². The molecule has 0 aliphatic rings. The van der Waals surface area contributed by atoms with Gasteiger partial charge in [-0.25, -0.2) is 10.4 Å². The molecule has 1 amide bonds. The first-order chi connectivity index (χ1) is 11.6. The molecule has 3 rings (SSSR count). The van der Waals surface area contributed by atoms with E-state index in [2.05, 4.69) is 15.5 Å². The second kappa shape index (κ2) is 7.10. The average Bonchev–Trinajstić information content (AvgIpc) is 3.14. The summed E-state index contributed by atoms with van der Waals surface area (Å²) in [4.78, 5) is 16.1. The monoisotopic (exact) mass is 338 g/mol. The van der Waals surface area contributed by atoms with E-state index in [1.165, 1.54) is 0 Å². The maximum Gasteiger partial charge on any atom is 0.272 e. The molecule has 0 aliphatic carbocycles. The average molecular weight is 339 g/mol. The number of carbonyl (C=O) groups is 1. The molecule has 0 spiro atoms. The van der Waals surface area contributed by atoms with Gasteiger partial charge in [-0.3, -0.25) is 4.79 Å². The Balaban J connectivity index is 1.72. The lowest BCUT2D eigenvalue weighted by molar-refractivity contribution is 0.0955. The highest BCUT2D eigenvalue weighted by Crippen LogP contribution is 2.14. The molecule has 0 saturated carbocycles. The van der Waals surface area contributed by atoms with Crippen LogP contribution in [0.5, 0.6) is 0 Å². The molecule has 5 nitrogen and oxygen atoms in total. The van der Waals surface area contributed by atoms with Crippen LogP contribution >= 0.6 is 11.6 Å². The van der Waals surface area contributed by atoms with Crippen molar-refractivity contribution in [1.29, 1.82) is 0 Å². The number of hydrogen-bond acceptors (Lipinski definition) is 3. The van der Waals surface area contributed by atoms with Gasteiger partial charge in [0.25, 0.3) is 5.91 Å². The molecule has 2 aromatic carbocycles. The van der Waals surface area contributed by atoms with Crippen LogP contribution in [0.2, 0.25) is 5.02 Å². The third-order valence-electron chi connectivity index (χ3n) is 3.53. The zero-order valence-corrected chi connectivity index (χ0v) is 13.7. The maximum absolute atomic E-state index is 12.1. The normalized spacial score (nSPS) is 11.3. The van der Waals surface area contributed by atoms with Gasteiger partial charge in [-0.2, -0.15) is 5.10 Å². The second-order valence-electron chi connectivity index (χ2n) is 5.13. The van der Waals surface area contributed by atoms with Crippen molar-refractivity contribution in [2.24, 2.45) is 5.10 Å². The Labute approximate surface area is 144 Å². The Hall–Kier alpha value is -2.92. The van der Waals surface area contributed by atoms with Crippen LogP contribution in [0.25, 0.3) is 5.69 Å². The molecule has 0 bridgehead atoms. The van der Waals surface area contributed by atoms with E-state index in [1.54, 1.807) is 36.8 Å². The molecule has 3 aromatic rings. The van der Waals surface area contributed by atoms with E-state index in [-0.39, 0.29) is 5.91 Å². The molecule has 1 N–H and O–H groups in total. The van der Waals surface area contributed by atoms with Crippen LogP contribution in [0.3, 0.4) is 0 Å². The number of imidazole rings is 1. The van der Waals surface area contributed by atoms with Gasteiger partial charge in [0.15, 0.2) is 0 Å². The number of hydrazone groups is 1. The van der Waals surface area contributed by atoms with Crippen LogP contribution < -0.4 is 5.43 Å². The summed E-state index contributed by atoms with van der Waals surface area (Å²) in [5.41, 5.74) is 5.54. The van der Waals surface area contributed by atoms with Gasteiger partial charge < -0.3 is 4.57 Å². The topological polar surface area (TPSA) is 59.3 Å². The molecule has 0 aliphatic heterocycles. The van der Waals surface area contributed by atoms with Crippen molar-refractivity contribution in [3.8, 4) is 5.69 Å². The third-order valence-corrected chi connectivity index (χ3v) is 3.86. The quantitative estimate of drug-likeness (QED) is 0.582. The summed E-state index contributed by atoms with van der Waals surface area (Å²) in [6, 6.07) is 14.7. The van der Waals surface area contributed by atoms with Crippen molar-refractivity contribution in [3.05, 3.63) is 83.4 Å². The second-order valence-corrected chi connectivity index (χ2v) is 5.54. The summed E-state index contributed by atoms with van der Waals surface area (Å²) in [6.07, 6.45) is 5.34. The van der Waals surface area contributed by atoms with Crippen molar-refractivity contribution in [2.75, 3.05) is 0 Å². The molecule has 24 heavy (non-hydrogen) atoms. The lowest BCUT2D eigenvalue weighted by atomic mass is 10.1. The van der Waals surface area contributed by atoms with Gasteiger partial charge in [0.1, 0.15) is 0 Å². The first-order valence-electron chi connectivity index (χ1n) is 7.33. The summed E-state index contributed by atoms with van der Waals surface area (Å²) >= 11 is 6.00. The van der Waals surface area contributed by atoms with Crippen molar-refractivity contribution < 1.29 is 4.79 Å². The Bertz CT molecular complexity index is 870. The van der Waals surface area contributed by atoms with Crippen molar-refractivity contribution in [3.63, 3.8) is 0 Å². The van der Waals surface area contributed by atoms with E-state index in [4.69, 9.17) is 11.6 Å². The van der Waals surface area contributed by atoms with Crippen molar-refractivity contribution in [2.45, 2.75) is 6.92 Å². The molecular formula is C18H15ClN4O. The van der Waals surface area contributed by atoms with Crippen LogP contribution in [-0.2, 0) is 0 Å². The minimum atomic E-state index is -0.338. The summed E-state index contributed by atoms with van der Waals surface area (Å²) in [5, 5.41) is 4.54. The summed E-state index contributed by atoms with van der Waals surface area (Å²) in [7, 11) is 0. The van der Waals surface area contributed by atoms with Gasteiger partial charge in [-0.1, -0.05) is 35.9 Å². The number of rotatable bonds is 4. The third kappa shape index (κ3) is 3.52. The van der Waals surface area contributed by atoms with Gasteiger partial charge in [0.2, 0.25) is 0 Å². The number of halogens is 1. The standard InChI is InChI=1S/C18H15ClN4O/c1-13(21-22-18(24)16-4-2-3-5-17(16)19)14-6-8-15(9-7-14)23-11-10-20-12-23/h2-12H,1H3,(H,22,24)/b21-13+. The largest absolute Gasteiger partial charge is 0.306 e. The molecule has 1 aromatic heterocycles. The molecular weight excluding hydrogens is 324 g/mol. The van der Waals surface area contributed by atoms with Gasteiger partial charge >= 0.3 is 0 Å². The first-order valence-corrected chi connectivity index (χ1v) is 7.71. The molecule has 0 radical (unpaired) electrons. The smallest absolute Gasteiger partial charge is 0.272 e. The highest BCUT2D eigenvalue weighted by molar-refractivity contribution is 6.33. The minimum absolute atomic E-state index is 0.338. The Morgan fingerprint density at radius 2 is 1.92 bits per heavy atom. The lowest BCUT2D eigenvalue weighted by Gasteiger charge is -2.06. The molecule has 0 unspecified atom stereocenters. The van der Waals surface area contributed by atoms with E-state index in [0.717, 1.165) is 11.3 Å². The van der Waals surface area contributed by atoms with Gasteiger partial charge in [-0.15, -0.1) is 0 Å². The Morgan fingerprint density at radius 3 is 2.58 bits per heavy atom. The van der Waals surface area contributed by atoms with Crippen LogP contribution in [-0.4, -0.2) is 21.2 Å². The Kier molecular flexibility index (Phi) is 4.72. The molecule has 120 valence electrons. The van der Waals surface area contributed by atoms with Crippen LogP contribution in [0, 0.1) is 0 Å². The SMILES string of the molecule is C/C(=N\NC(=O)c1ccccc1Cl)c1ccc(-n2ccnc2)cc1. The fourth-order valence-corrected chi connectivity index (χ4v) is 2.41. The summed E-state index contributed by atoms with van der Waals surface area (Å²) < 4.78 is 1.91. The van der Waals surface area contributed by atoms with E-state index >= 15 is 0 Å². The predicted octanol–water partition coefficient (Wildman–Crippen LogP) is 3.68. The van der Waals surface area contributed by atoms with E-state index in [1.807, 2.05) is 42.0 Å². The number of nitrogens with zero attached hydrogens (tertiary/aromatic N) is 3. The van der Waals surface area contributed by atoms with Gasteiger partial charge in [-0.05, 0) is 36.8 Å². The van der Waals surface area contributed by atoms with Crippen LogP contribution in [0.1, 0.15) is 22.8 Å². The number of carbonyl (C=O) groups excluding carboxylic acids is 1. The van der Waals surface area contributed by atoms with Crippen LogP contribution in [0.15, 0.2) is 72.4 Å². The molecule has 6 heteroatoms. The summed E-state index contributed by atoms with van der Waals surface area (Å²) in [6.45, 7) is 1.83. The van der Waals surface area contributed by atoms with Crippen LogP contribution in [0.4, 0.5) is 0 Å². The minimum Gasteiger partial charge on any atom is -0.306 e. The zero-order chi connectivity index (χ0) is 16.9. The molecule has 0 atom stereocenters. The van der Waals surface area contributed by atoms with Crippen molar-refractivity contribution >= 4 is 23.2 Å². The van der Waals surface area contributed by atoms with Gasteiger partial charge in [0, 0.05) is 18.1 Å². The highest BCUT2D eigenvalue weighted by atomic mass is 35.5. The lowest BCUT2D eigenvalue weighted by Crippen LogP contribution is -2.19. The zero-order valence-electron chi connectivity index (χ0n) is 13.0. The van der Waals surface area contributed by atoms with E-state index in [0.29, 0.717) is 16.3 Å². The highest BCUT2D eigenvalue weighted by Gasteiger charge is 2.08. The van der Waals surface area contributed by atoms with E-state index < -0.39 is 0 Å². The number of benzene rings is 2. The Morgan fingerprint density at radius 1 is 1.17 bits per heavy atom. The maximum atomic E-state index is 12.1. The van der Waals surface area contributed by atoms with Gasteiger partial charge in [0.05, 0.1) is 22.6 Å². The fraction of sp³-hybridized carbons (Fsp3) is 0.0556.